The van der Waals surface area contributed by atoms with Crippen LogP contribution in [0.2, 0.25) is 0 Å². The van der Waals surface area contributed by atoms with E-state index in [4.69, 9.17) is 4.74 Å². The molecule has 0 aliphatic heterocycles. The highest BCUT2D eigenvalue weighted by Gasteiger charge is 2.27. The van der Waals surface area contributed by atoms with E-state index >= 15 is 0 Å². The third kappa shape index (κ3) is 4.46. The minimum atomic E-state index is -3.98. The molecule has 0 unspecified atom stereocenters. The Balaban J connectivity index is 2.22. The standard InChI is InChI=1S/C18H21N3O6S/c1-12-8-9-16(27-4)17(10-12)28(25,26)20(3)11-18(22)19-14-6-5-7-15(13(14)2)21(23)24/h5-10H,11H2,1-4H3,(H,19,22). The van der Waals surface area contributed by atoms with Crippen LogP contribution in [-0.2, 0) is 14.8 Å². The molecular formula is C18H21N3O6S. The van der Waals surface area contributed by atoms with Gasteiger partial charge in [-0.1, -0.05) is 12.1 Å². The van der Waals surface area contributed by atoms with Crippen molar-refractivity contribution in [2.24, 2.45) is 0 Å². The highest BCUT2D eigenvalue weighted by atomic mass is 32.2. The molecule has 2 aromatic rings. The van der Waals surface area contributed by atoms with E-state index in [-0.39, 0.29) is 27.6 Å². The Morgan fingerprint density at radius 2 is 1.93 bits per heavy atom. The number of amides is 1. The van der Waals surface area contributed by atoms with E-state index in [0.29, 0.717) is 0 Å². The van der Waals surface area contributed by atoms with Gasteiger partial charge in [0, 0.05) is 13.1 Å². The predicted octanol–water partition coefficient (Wildman–Crippen LogP) is 2.48. The van der Waals surface area contributed by atoms with E-state index in [0.717, 1.165) is 9.87 Å². The average molecular weight is 407 g/mol. The molecule has 150 valence electrons. The average Bonchev–Trinajstić information content (AvgIpc) is 2.63. The summed E-state index contributed by atoms with van der Waals surface area (Å²) in [6.45, 7) is 2.78. The molecule has 0 radical (unpaired) electrons. The number of carbonyl (C=O) groups excluding carboxylic acids is 1. The third-order valence-electron chi connectivity index (χ3n) is 4.15. The van der Waals surface area contributed by atoms with Gasteiger partial charge >= 0.3 is 0 Å². The van der Waals surface area contributed by atoms with Gasteiger partial charge in [-0.25, -0.2) is 8.42 Å². The molecule has 0 saturated carbocycles. The molecule has 0 aromatic heterocycles. The second-order valence-corrected chi connectivity index (χ2v) is 8.18. The van der Waals surface area contributed by atoms with Crippen molar-refractivity contribution >= 4 is 27.3 Å². The molecule has 10 heteroatoms. The molecule has 28 heavy (non-hydrogen) atoms. The number of rotatable bonds is 7. The van der Waals surface area contributed by atoms with E-state index in [1.807, 2.05) is 0 Å². The van der Waals surface area contributed by atoms with Gasteiger partial charge in [0.25, 0.3) is 5.69 Å². The first kappa shape index (κ1) is 21.3. The zero-order chi connectivity index (χ0) is 21.1. The summed E-state index contributed by atoms with van der Waals surface area (Å²) in [6, 6.07) is 9.01. The summed E-state index contributed by atoms with van der Waals surface area (Å²) in [5.41, 5.74) is 1.12. The Kier molecular flexibility index (Phi) is 6.37. The topological polar surface area (TPSA) is 119 Å². The maximum atomic E-state index is 12.8. The Bertz CT molecular complexity index is 1020. The van der Waals surface area contributed by atoms with Gasteiger partial charge in [0.15, 0.2) is 0 Å². The summed E-state index contributed by atoms with van der Waals surface area (Å²) in [6.07, 6.45) is 0. The lowest BCUT2D eigenvalue weighted by Crippen LogP contribution is -2.35. The van der Waals surface area contributed by atoms with Gasteiger partial charge in [0.1, 0.15) is 10.6 Å². The quantitative estimate of drug-likeness (QED) is 0.556. The first-order chi connectivity index (χ1) is 13.1. The summed E-state index contributed by atoms with van der Waals surface area (Å²) in [7, 11) is -1.35. The number of aryl methyl sites for hydroxylation is 1. The van der Waals surface area contributed by atoms with Crippen molar-refractivity contribution in [2.45, 2.75) is 18.7 Å². The summed E-state index contributed by atoms with van der Waals surface area (Å²) >= 11 is 0. The zero-order valence-electron chi connectivity index (χ0n) is 15.9. The van der Waals surface area contributed by atoms with Gasteiger partial charge in [0.2, 0.25) is 15.9 Å². The molecule has 0 aliphatic rings. The van der Waals surface area contributed by atoms with Crippen LogP contribution < -0.4 is 10.1 Å². The van der Waals surface area contributed by atoms with Crippen molar-refractivity contribution in [3.8, 4) is 5.75 Å². The van der Waals surface area contributed by atoms with Crippen LogP contribution in [0.1, 0.15) is 11.1 Å². The summed E-state index contributed by atoms with van der Waals surface area (Å²) in [5, 5.41) is 13.5. The molecule has 1 amide bonds. The molecule has 1 N–H and O–H groups in total. The maximum absolute atomic E-state index is 12.8. The van der Waals surface area contributed by atoms with Crippen LogP contribution in [0.15, 0.2) is 41.3 Å². The van der Waals surface area contributed by atoms with E-state index in [1.165, 1.54) is 45.3 Å². The molecule has 0 fully saturated rings. The lowest BCUT2D eigenvalue weighted by molar-refractivity contribution is -0.385. The largest absolute Gasteiger partial charge is 0.495 e. The van der Waals surface area contributed by atoms with Crippen molar-refractivity contribution in [3.05, 3.63) is 57.6 Å². The van der Waals surface area contributed by atoms with Crippen LogP contribution in [-0.4, -0.2) is 44.3 Å². The Hall–Kier alpha value is -2.98. The van der Waals surface area contributed by atoms with E-state index in [9.17, 15) is 23.3 Å². The molecule has 2 rings (SSSR count). The lowest BCUT2D eigenvalue weighted by atomic mass is 10.1. The number of ether oxygens (including phenoxy) is 1. The smallest absolute Gasteiger partial charge is 0.274 e. The lowest BCUT2D eigenvalue weighted by Gasteiger charge is -2.19. The summed E-state index contributed by atoms with van der Waals surface area (Å²) in [4.78, 5) is 22.7. The predicted molar refractivity (Wildman–Crippen MR) is 104 cm³/mol. The number of nitrogens with zero attached hydrogens (tertiary/aromatic N) is 2. The maximum Gasteiger partial charge on any atom is 0.274 e. The number of sulfonamides is 1. The van der Waals surface area contributed by atoms with E-state index in [1.54, 1.807) is 19.1 Å². The second kappa shape index (κ2) is 8.36. The molecule has 0 aliphatic carbocycles. The minimum absolute atomic E-state index is 0.0446. The fraction of sp³-hybridized carbons (Fsp3) is 0.278. The summed E-state index contributed by atoms with van der Waals surface area (Å²) in [5.74, 6) is -0.450. The highest BCUT2D eigenvalue weighted by Crippen LogP contribution is 2.28. The normalized spacial score (nSPS) is 11.3. The van der Waals surface area contributed by atoms with Gasteiger partial charge in [-0.05, 0) is 37.6 Å². The van der Waals surface area contributed by atoms with Crippen LogP contribution in [0.4, 0.5) is 11.4 Å². The fourth-order valence-electron chi connectivity index (χ4n) is 2.59. The first-order valence-electron chi connectivity index (χ1n) is 8.22. The number of methoxy groups -OCH3 is 1. The number of nitro groups is 1. The van der Waals surface area contributed by atoms with Crippen LogP contribution in [0.25, 0.3) is 0 Å². The van der Waals surface area contributed by atoms with Crippen molar-refractivity contribution in [1.29, 1.82) is 0 Å². The van der Waals surface area contributed by atoms with Crippen molar-refractivity contribution < 1.29 is 22.9 Å². The van der Waals surface area contributed by atoms with Gasteiger partial charge in [-0.3, -0.25) is 14.9 Å². The number of benzene rings is 2. The van der Waals surface area contributed by atoms with Crippen molar-refractivity contribution in [1.82, 2.24) is 4.31 Å². The molecule has 9 nitrogen and oxygen atoms in total. The van der Waals surface area contributed by atoms with E-state index < -0.39 is 27.4 Å². The van der Waals surface area contributed by atoms with Gasteiger partial charge in [0.05, 0.1) is 29.8 Å². The molecule has 0 atom stereocenters. The van der Waals surface area contributed by atoms with Crippen LogP contribution in [0.5, 0.6) is 5.75 Å². The highest BCUT2D eigenvalue weighted by molar-refractivity contribution is 7.89. The van der Waals surface area contributed by atoms with Crippen molar-refractivity contribution in [2.75, 3.05) is 26.0 Å². The number of anilines is 1. The molecule has 0 heterocycles. The van der Waals surface area contributed by atoms with Crippen molar-refractivity contribution in [3.63, 3.8) is 0 Å². The molecule has 0 bridgehead atoms. The monoisotopic (exact) mass is 407 g/mol. The van der Waals surface area contributed by atoms with Crippen LogP contribution >= 0.6 is 0 Å². The molecule has 2 aromatic carbocycles. The third-order valence-corrected chi connectivity index (χ3v) is 5.97. The minimum Gasteiger partial charge on any atom is -0.495 e. The zero-order valence-corrected chi connectivity index (χ0v) is 16.7. The van der Waals surface area contributed by atoms with Crippen LogP contribution in [0.3, 0.4) is 0 Å². The summed E-state index contributed by atoms with van der Waals surface area (Å²) < 4.78 is 31.7. The van der Waals surface area contributed by atoms with Gasteiger partial charge in [-0.15, -0.1) is 0 Å². The number of carbonyl (C=O) groups is 1. The fourth-order valence-corrected chi connectivity index (χ4v) is 3.95. The van der Waals surface area contributed by atoms with Gasteiger partial charge in [-0.2, -0.15) is 4.31 Å². The molecular weight excluding hydrogens is 386 g/mol. The Labute approximate surface area is 163 Å². The number of hydrogen-bond donors (Lipinski definition) is 1. The van der Waals surface area contributed by atoms with Gasteiger partial charge < -0.3 is 10.1 Å². The van der Waals surface area contributed by atoms with E-state index in [2.05, 4.69) is 5.32 Å². The number of nitro benzene ring substituents is 1. The SMILES string of the molecule is COc1ccc(C)cc1S(=O)(=O)N(C)CC(=O)Nc1cccc([N+](=O)[O-])c1C. The Morgan fingerprint density at radius 3 is 2.54 bits per heavy atom. The van der Waals surface area contributed by atoms with Crippen LogP contribution in [0, 0.1) is 24.0 Å². The molecule has 0 saturated heterocycles. The second-order valence-electron chi connectivity index (χ2n) is 6.17. The first-order valence-corrected chi connectivity index (χ1v) is 9.66. The number of likely N-dealkylation sites (N-methyl/N-ethyl adjacent to an activating group) is 1. The Morgan fingerprint density at radius 1 is 1.25 bits per heavy atom. The molecule has 0 spiro atoms. The number of nitrogens with one attached hydrogen (secondary N) is 1. The number of hydrogen-bond acceptors (Lipinski definition) is 6.